The van der Waals surface area contributed by atoms with Crippen LogP contribution in [0.3, 0.4) is 0 Å². The van der Waals surface area contributed by atoms with Crippen LogP contribution in [0.15, 0.2) is 48.5 Å². The third kappa shape index (κ3) is 5.09. The highest BCUT2D eigenvalue weighted by Gasteiger charge is 2.24. The second-order valence-corrected chi connectivity index (χ2v) is 7.56. The number of piperazine rings is 1. The SMILES string of the molecule is CN1CCN(C(CNC(=O)c2cccc(F)c2)c2ccc(N(C)C)cc2)CC1. The molecule has 0 aromatic heterocycles. The summed E-state index contributed by atoms with van der Waals surface area (Å²) >= 11 is 0. The van der Waals surface area contributed by atoms with Gasteiger partial charge in [0.05, 0.1) is 6.04 Å². The molecule has 0 radical (unpaired) electrons. The van der Waals surface area contributed by atoms with Crippen LogP contribution in [0.5, 0.6) is 0 Å². The molecule has 0 bridgehead atoms. The van der Waals surface area contributed by atoms with E-state index in [1.54, 1.807) is 12.1 Å². The standard InChI is InChI=1S/C22H29FN4O/c1-25(2)20-9-7-17(8-10-20)21(27-13-11-26(3)12-14-27)16-24-22(28)18-5-4-6-19(23)15-18/h4-10,15,21H,11-14,16H2,1-3H3,(H,24,28). The van der Waals surface area contributed by atoms with E-state index in [9.17, 15) is 9.18 Å². The van der Waals surface area contributed by atoms with Crippen LogP contribution in [0.2, 0.25) is 0 Å². The van der Waals surface area contributed by atoms with Crippen molar-refractivity contribution in [2.75, 3.05) is 58.8 Å². The molecule has 0 aliphatic carbocycles. The molecule has 1 unspecified atom stereocenters. The van der Waals surface area contributed by atoms with Gasteiger partial charge in [0.25, 0.3) is 5.91 Å². The highest BCUT2D eigenvalue weighted by atomic mass is 19.1. The predicted octanol–water partition coefficient (Wildman–Crippen LogP) is 2.61. The maximum atomic E-state index is 13.4. The number of benzene rings is 2. The van der Waals surface area contributed by atoms with E-state index in [-0.39, 0.29) is 11.9 Å². The van der Waals surface area contributed by atoms with E-state index in [0.29, 0.717) is 12.1 Å². The topological polar surface area (TPSA) is 38.8 Å². The molecular weight excluding hydrogens is 355 g/mol. The van der Waals surface area contributed by atoms with Crippen LogP contribution in [-0.4, -0.2) is 69.6 Å². The van der Waals surface area contributed by atoms with Crippen molar-refractivity contribution in [3.8, 4) is 0 Å². The molecule has 3 rings (SSSR count). The number of likely N-dealkylation sites (N-methyl/N-ethyl adjacent to an activating group) is 1. The van der Waals surface area contributed by atoms with Gasteiger partial charge in [-0.1, -0.05) is 18.2 Å². The van der Waals surface area contributed by atoms with Crippen LogP contribution < -0.4 is 10.2 Å². The zero-order valence-electron chi connectivity index (χ0n) is 16.9. The molecule has 0 saturated carbocycles. The third-order valence-corrected chi connectivity index (χ3v) is 5.32. The lowest BCUT2D eigenvalue weighted by atomic mass is 10.0. The highest BCUT2D eigenvalue weighted by Crippen LogP contribution is 2.24. The fourth-order valence-electron chi connectivity index (χ4n) is 3.51. The van der Waals surface area contributed by atoms with Crippen molar-refractivity contribution < 1.29 is 9.18 Å². The molecular formula is C22H29FN4O. The Bertz CT molecular complexity index is 785. The average molecular weight is 384 g/mol. The summed E-state index contributed by atoms with van der Waals surface area (Å²) in [5, 5.41) is 3.00. The highest BCUT2D eigenvalue weighted by molar-refractivity contribution is 5.94. The molecule has 6 heteroatoms. The molecule has 1 aliphatic rings. The van der Waals surface area contributed by atoms with Gasteiger partial charge in [0.15, 0.2) is 0 Å². The predicted molar refractivity (Wildman–Crippen MR) is 111 cm³/mol. The molecule has 1 fully saturated rings. The molecule has 28 heavy (non-hydrogen) atoms. The first-order chi connectivity index (χ1) is 13.4. The van der Waals surface area contributed by atoms with Crippen LogP contribution in [0.4, 0.5) is 10.1 Å². The van der Waals surface area contributed by atoms with Gasteiger partial charge in [0.1, 0.15) is 5.82 Å². The summed E-state index contributed by atoms with van der Waals surface area (Å²) in [6.45, 7) is 4.40. The van der Waals surface area contributed by atoms with Crippen LogP contribution >= 0.6 is 0 Å². The maximum absolute atomic E-state index is 13.4. The fourth-order valence-corrected chi connectivity index (χ4v) is 3.51. The zero-order valence-corrected chi connectivity index (χ0v) is 16.9. The van der Waals surface area contributed by atoms with Gasteiger partial charge in [0, 0.05) is 58.1 Å². The monoisotopic (exact) mass is 384 g/mol. The lowest BCUT2D eigenvalue weighted by Gasteiger charge is -2.38. The molecule has 1 saturated heterocycles. The van der Waals surface area contributed by atoms with Gasteiger partial charge in [-0.2, -0.15) is 0 Å². The molecule has 1 aliphatic heterocycles. The van der Waals surface area contributed by atoms with E-state index in [2.05, 4.69) is 51.3 Å². The lowest BCUT2D eigenvalue weighted by Crippen LogP contribution is -2.48. The van der Waals surface area contributed by atoms with E-state index >= 15 is 0 Å². The summed E-state index contributed by atoms with van der Waals surface area (Å²) in [6, 6.07) is 14.4. The van der Waals surface area contributed by atoms with Crippen molar-refractivity contribution in [3.63, 3.8) is 0 Å². The van der Waals surface area contributed by atoms with Crippen molar-refractivity contribution in [3.05, 3.63) is 65.5 Å². The summed E-state index contributed by atoms with van der Waals surface area (Å²) in [6.07, 6.45) is 0. The van der Waals surface area contributed by atoms with Gasteiger partial charge in [-0.15, -0.1) is 0 Å². The molecule has 1 heterocycles. The smallest absolute Gasteiger partial charge is 0.251 e. The molecule has 5 nitrogen and oxygen atoms in total. The Kier molecular flexibility index (Phi) is 6.65. The molecule has 2 aromatic rings. The number of halogens is 1. The third-order valence-electron chi connectivity index (χ3n) is 5.32. The number of hydrogen-bond donors (Lipinski definition) is 1. The van der Waals surface area contributed by atoms with Crippen LogP contribution in [0, 0.1) is 5.82 Å². The van der Waals surface area contributed by atoms with Crippen LogP contribution in [0.1, 0.15) is 22.0 Å². The average Bonchev–Trinajstić information content (AvgIpc) is 2.69. The number of carbonyl (C=O) groups excluding carboxylic acids is 1. The van der Waals surface area contributed by atoms with E-state index in [1.165, 1.54) is 17.7 Å². The minimum Gasteiger partial charge on any atom is -0.378 e. The number of amides is 1. The second-order valence-electron chi connectivity index (χ2n) is 7.56. The Morgan fingerprint density at radius 2 is 1.79 bits per heavy atom. The van der Waals surface area contributed by atoms with Crippen molar-refractivity contribution in [1.29, 1.82) is 0 Å². The Labute approximate surface area is 166 Å². The van der Waals surface area contributed by atoms with Gasteiger partial charge in [-0.3, -0.25) is 9.69 Å². The van der Waals surface area contributed by atoms with Gasteiger partial charge < -0.3 is 15.1 Å². The van der Waals surface area contributed by atoms with Gasteiger partial charge in [0.2, 0.25) is 0 Å². The van der Waals surface area contributed by atoms with E-state index in [4.69, 9.17) is 0 Å². The minimum atomic E-state index is -0.400. The second kappa shape index (κ2) is 9.17. The fraction of sp³-hybridized carbons (Fsp3) is 0.409. The minimum absolute atomic E-state index is 0.0856. The number of carbonyl (C=O) groups is 1. The van der Waals surface area contributed by atoms with Crippen molar-refractivity contribution in [2.24, 2.45) is 0 Å². The van der Waals surface area contributed by atoms with E-state index < -0.39 is 5.82 Å². The van der Waals surface area contributed by atoms with E-state index in [1.807, 2.05) is 14.1 Å². The molecule has 150 valence electrons. The number of anilines is 1. The number of hydrogen-bond acceptors (Lipinski definition) is 4. The summed E-state index contributed by atoms with van der Waals surface area (Å²) < 4.78 is 13.4. The van der Waals surface area contributed by atoms with E-state index in [0.717, 1.165) is 31.9 Å². The molecule has 0 spiro atoms. The molecule has 1 N–H and O–H groups in total. The zero-order chi connectivity index (χ0) is 20.1. The Balaban J connectivity index is 1.75. The Morgan fingerprint density at radius 1 is 1.11 bits per heavy atom. The first kappa shape index (κ1) is 20.3. The summed E-state index contributed by atoms with van der Waals surface area (Å²) in [5.74, 6) is -0.647. The number of nitrogens with zero attached hydrogens (tertiary/aromatic N) is 3. The summed E-state index contributed by atoms with van der Waals surface area (Å²) in [4.78, 5) is 19.3. The first-order valence-corrected chi connectivity index (χ1v) is 9.67. The van der Waals surface area contributed by atoms with Gasteiger partial charge >= 0.3 is 0 Å². The van der Waals surface area contributed by atoms with Crippen LogP contribution in [-0.2, 0) is 0 Å². The normalized spacial score (nSPS) is 16.6. The van der Waals surface area contributed by atoms with Crippen LogP contribution in [0.25, 0.3) is 0 Å². The Morgan fingerprint density at radius 3 is 2.39 bits per heavy atom. The Hall–Kier alpha value is -2.44. The van der Waals surface area contributed by atoms with Crippen molar-refractivity contribution in [2.45, 2.75) is 6.04 Å². The quantitative estimate of drug-likeness (QED) is 0.831. The first-order valence-electron chi connectivity index (χ1n) is 9.67. The summed E-state index contributed by atoms with van der Waals surface area (Å²) in [7, 11) is 6.17. The largest absolute Gasteiger partial charge is 0.378 e. The van der Waals surface area contributed by atoms with Crippen molar-refractivity contribution >= 4 is 11.6 Å². The molecule has 1 atom stereocenters. The molecule has 1 amide bonds. The summed E-state index contributed by atoms with van der Waals surface area (Å²) in [5.41, 5.74) is 2.67. The van der Waals surface area contributed by atoms with Crippen molar-refractivity contribution in [1.82, 2.24) is 15.1 Å². The number of nitrogens with one attached hydrogen (secondary N) is 1. The van der Waals surface area contributed by atoms with Gasteiger partial charge in [-0.25, -0.2) is 4.39 Å². The van der Waals surface area contributed by atoms with Gasteiger partial charge in [-0.05, 0) is 42.9 Å². The lowest BCUT2D eigenvalue weighted by molar-refractivity contribution is 0.0886. The maximum Gasteiger partial charge on any atom is 0.251 e. The molecule has 2 aromatic carbocycles. The number of rotatable bonds is 6.